The first-order valence-corrected chi connectivity index (χ1v) is 5.47. The van der Waals surface area contributed by atoms with Crippen LogP contribution in [0.3, 0.4) is 0 Å². The average molecular weight is 250 g/mol. The van der Waals surface area contributed by atoms with Gasteiger partial charge in [-0.1, -0.05) is 6.07 Å². The molecule has 0 unspecified atom stereocenters. The average Bonchev–Trinajstić information content (AvgIpc) is 2.79. The second-order valence-electron chi connectivity index (χ2n) is 3.40. The molecule has 2 N–H and O–H groups in total. The Morgan fingerprint density at radius 3 is 2.88 bits per heavy atom. The van der Waals surface area contributed by atoms with Crippen molar-refractivity contribution in [1.82, 2.24) is 5.32 Å². The first kappa shape index (κ1) is 11.6. The van der Waals surface area contributed by atoms with Gasteiger partial charge in [-0.25, -0.2) is 4.39 Å². The van der Waals surface area contributed by atoms with Crippen LogP contribution < -0.4 is 10.6 Å². The van der Waals surface area contributed by atoms with E-state index in [1.165, 1.54) is 12.1 Å². The lowest BCUT2D eigenvalue weighted by Gasteiger charge is -2.09. The van der Waals surface area contributed by atoms with Gasteiger partial charge in [0, 0.05) is 5.69 Å². The molecular weight excluding hydrogens is 239 g/mol. The number of nitrogens with one attached hydrogen (secondary N) is 2. The zero-order chi connectivity index (χ0) is 12.1. The standard InChI is InChI=1S/C12H11FN2OS/c13-9-3-1-4-10(7-9)15-12(17)14-8-11-5-2-6-16-11/h1-7H,8H2,(H2,14,15,17). The van der Waals surface area contributed by atoms with Gasteiger partial charge in [0.2, 0.25) is 0 Å². The SMILES string of the molecule is Fc1cccc(NC(=S)NCc2ccco2)c1. The molecule has 1 aromatic carbocycles. The summed E-state index contributed by atoms with van der Waals surface area (Å²) in [5.41, 5.74) is 0.613. The molecule has 0 atom stereocenters. The van der Waals surface area contributed by atoms with Crippen LogP contribution in [-0.2, 0) is 6.54 Å². The molecule has 2 rings (SSSR count). The first-order valence-electron chi connectivity index (χ1n) is 5.07. The van der Waals surface area contributed by atoms with Crippen LogP contribution in [0.5, 0.6) is 0 Å². The molecule has 0 fully saturated rings. The van der Waals surface area contributed by atoms with Gasteiger partial charge in [0.25, 0.3) is 0 Å². The lowest BCUT2D eigenvalue weighted by molar-refractivity contribution is 0.503. The van der Waals surface area contributed by atoms with Crippen LogP contribution in [0.2, 0.25) is 0 Å². The highest BCUT2D eigenvalue weighted by atomic mass is 32.1. The van der Waals surface area contributed by atoms with Crippen molar-refractivity contribution in [3.05, 3.63) is 54.2 Å². The van der Waals surface area contributed by atoms with Crippen LogP contribution in [0.25, 0.3) is 0 Å². The lowest BCUT2D eigenvalue weighted by atomic mass is 10.3. The first-order chi connectivity index (χ1) is 8.24. The van der Waals surface area contributed by atoms with Crippen LogP contribution >= 0.6 is 12.2 Å². The number of halogens is 1. The van der Waals surface area contributed by atoms with Crippen LogP contribution in [0.1, 0.15) is 5.76 Å². The number of furan rings is 1. The number of hydrogen-bond acceptors (Lipinski definition) is 2. The van der Waals surface area contributed by atoms with Gasteiger partial charge < -0.3 is 15.1 Å². The fourth-order valence-electron chi connectivity index (χ4n) is 1.32. The molecule has 0 aliphatic carbocycles. The van der Waals surface area contributed by atoms with E-state index < -0.39 is 0 Å². The summed E-state index contributed by atoms with van der Waals surface area (Å²) >= 11 is 5.07. The third kappa shape index (κ3) is 3.57. The van der Waals surface area contributed by atoms with Crippen LogP contribution in [0, 0.1) is 5.82 Å². The van der Waals surface area contributed by atoms with Crippen molar-refractivity contribution in [3.8, 4) is 0 Å². The third-order valence-corrected chi connectivity index (χ3v) is 2.33. The van der Waals surface area contributed by atoms with Crippen molar-refractivity contribution in [3.63, 3.8) is 0 Å². The molecular formula is C12H11FN2OS. The predicted octanol–water partition coefficient (Wildman–Crippen LogP) is 2.91. The van der Waals surface area contributed by atoms with Crippen molar-refractivity contribution < 1.29 is 8.81 Å². The Hall–Kier alpha value is -1.88. The number of anilines is 1. The van der Waals surface area contributed by atoms with Gasteiger partial charge in [0.05, 0.1) is 12.8 Å². The molecule has 0 aliphatic rings. The summed E-state index contributed by atoms with van der Waals surface area (Å²) in [6, 6.07) is 9.76. The largest absolute Gasteiger partial charge is 0.467 e. The van der Waals surface area contributed by atoms with Gasteiger partial charge in [0.1, 0.15) is 11.6 Å². The van der Waals surface area contributed by atoms with Crippen molar-refractivity contribution in [2.75, 3.05) is 5.32 Å². The number of rotatable bonds is 3. The molecule has 2 aromatic rings. The molecule has 0 saturated carbocycles. The zero-order valence-corrected chi connectivity index (χ0v) is 9.76. The van der Waals surface area contributed by atoms with Crippen LogP contribution in [0.15, 0.2) is 47.1 Å². The Kier molecular flexibility index (Phi) is 3.72. The van der Waals surface area contributed by atoms with Gasteiger partial charge in [0.15, 0.2) is 5.11 Å². The Morgan fingerprint density at radius 2 is 2.18 bits per heavy atom. The molecule has 88 valence electrons. The number of benzene rings is 1. The maximum absolute atomic E-state index is 12.9. The maximum Gasteiger partial charge on any atom is 0.171 e. The second-order valence-corrected chi connectivity index (χ2v) is 3.81. The summed E-state index contributed by atoms with van der Waals surface area (Å²) in [4.78, 5) is 0. The summed E-state index contributed by atoms with van der Waals surface area (Å²) in [5.74, 6) is 0.484. The molecule has 3 nitrogen and oxygen atoms in total. The lowest BCUT2D eigenvalue weighted by Crippen LogP contribution is -2.27. The Bertz CT molecular complexity index is 499. The van der Waals surface area contributed by atoms with E-state index in [1.54, 1.807) is 24.5 Å². The predicted molar refractivity (Wildman–Crippen MR) is 68.2 cm³/mol. The smallest absolute Gasteiger partial charge is 0.171 e. The van der Waals surface area contributed by atoms with Crippen molar-refractivity contribution in [1.29, 1.82) is 0 Å². The van der Waals surface area contributed by atoms with Gasteiger partial charge in [-0.3, -0.25) is 0 Å². The van der Waals surface area contributed by atoms with Crippen molar-refractivity contribution in [2.45, 2.75) is 6.54 Å². The molecule has 0 amide bonds. The minimum atomic E-state index is -0.302. The van der Waals surface area contributed by atoms with Crippen LogP contribution in [0.4, 0.5) is 10.1 Å². The van der Waals surface area contributed by atoms with Gasteiger partial charge in [-0.2, -0.15) is 0 Å². The monoisotopic (exact) mass is 250 g/mol. The Labute approximate surface area is 104 Å². The van der Waals surface area contributed by atoms with E-state index in [0.717, 1.165) is 5.76 Å². The summed E-state index contributed by atoms with van der Waals surface area (Å²) in [5, 5.41) is 6.26. The van der Waals surface area contributed by atoms with E-state index in [9.17, 15) is 4.39 Å². The minimum Gasteiger partial charge on any atom is -0.467 e. The summed E-state index contributed by atoms with van der Waals surface area (Å²) < 4.78 is 18.1. The maximum atomic E-state index is 12.9. The molecule has 0 radical (unpaired) electrons. The topological polar surface area (TPSA) is 37.2 Å². The molecule has 0 aliphatic heterocycles. The summed E-state index contributed by atoms with van der Waals surface area (Å²) in [7, 11) is 0. The zero-order valence-electron chi connectivity index (χ0n) is 8.94. The van der Waals surface area contributed by atoms with E-state index in [1.807, 2.05) is 6.07 Å². The highest BCUT2D eigenvalue weighted by Crippen LogP contribution is 2.08. The third-order valence-electron chi connectivity index (χ3n) is 2.09. The van der Waals surface area contributed by atoms with Crippen LogP contribution in [-0.4, -0.2) is 5.11 Å². The molecule has 0 spiro atoms. The van der Waals surface area contributed by atoms with Gasteiger partial charge in [-0.05, 0) is 42.5 Å². The normalized spacial score (nSPS) is 9.94. The Balaban J connectivity index is 1.85. The van der Waals surface area contributed by atoms with Crippen molar-refractivity contribution >= 4 is 23.0 Å². The van der Waals surface area contributed by atoms with E-state index in [4.69, 9.17) is 16.6 Å². The number of thiocarbonyl (C=S) groups is 1. The fourth-order valence-corrected chi connectivity index (χ4v) is 1.51. The van der Waals surface area contributed by atoms with Gasteiger partial charge in [-0.15, -0.1) is 0 Å². The highest BCUT2D eigenvalue weighted by molar-refractivity contribution is 7.80. The van der Waals surface area contributed by atoms with E-state index in [0.29, 0.717) is 17.3 Å². The second kappa shape index (κ2) is 5.45. The molecule has 1 heterocycles. The Morgan fingerprint density at radius 1 is 1.29 bits per heavy atom. The molecule has 0 saturated heterocycles. The molecule has 5 heteroatoms. The van der Waals surface area contributed by atoms with Gasteiger partial charge >= 0.3 is 0 Å². The molecule has 1 aromatic heterocycles. The van der Waals surface area contributed by atoms with E-state index in [-0.39, 0.29) is 5.82 Å². The highest BCUT2D eigenvalue weighted by Gasteiger charge is 2.00. The summed E-state index contributed by atoms with van der Waals surface area (Å²) in [6.07, 6.45) is 1.60. The van der Waals surface area contributed by atoms with E-state index in [2.05, 4.69) is 10.6 Å². The molecule has 17 heavy (non-hydrogen) atoms. The van der Waals surface area contributed by atoms with Crippen molar-refractivity contribution in [2.24, 2.45) is 0 Å². The number of hydrogen-bond donors (Lipinski definition) is 2. The minimum absolute atomic E-state index is 0.302. The fraction of sp³-hybridized carbons (Fsp3) is 0.0833. The van der Waals surface area contributed by atoms with E-state index >= 15 is 0 Å². The quantitative estimate of drug-likeness (QED) is 0.821. The molecule has 0 bridgehead atoms. The summed E-state index contributed by atoms with van der Waals surface area (Å²) in [6.45, 7) is 0.494.